The molecule has 7 heteroatoms. The molecule has 0 unspecified atom stereocenters. The fourth-order valence-electron chi connectivity index (χ4n) is 1.81. The molecule has 0 spiro atoms. The van der Waals surface area contributed by atoms with Gasteiger partial charge in [0, 0.05) is 10.9 Å². The van der Waals surface area contributed by atoms with Gasteiger partial charge >= 0.3 is 12.1 Å². The molecule has 0 bridgehead atoms. The van der Waals surface area contributed by atoms with Crippen LogP contribution < -0.4 is 0 Å². The van der Waals surface area contributed by atoms with Crippen LogP contribution in [0.4, 0.5) is 17.6 Å². The first-order valence-corrected chi connectivity index (χ1v) is 5.17. The normalized spacial score (nSPS) is 11.8. The highest BCUT2D eigenvalue weighted by atomic mass is 19.4. The van der Waals surface area contributed by atoms with Gasteiger partial charge in [-0.25, -0.2) is 9.18 Å². The summed E-state index contributed by atoms with van der Waals surface area (Å²) < 4.78 is 59.9. The molecule has 19 heavy (non-hydrogen) atoms. The van der Waals surface area contributed by atoms with Crippen molar-refractivity contribution < 1.29 is 31.5 Å². The number of alkyl halides is 3. The maximum atomic E-state index is 13.5. The van der Waals surface area contributed by atoms with Gasteiger partial charge in [-0.1, -0.05) is 0 Å². The van der Waals surface area contributed by atoms with E-state index in [1.165, 1.54) is 0 Å². The van der Waals surface area contributed by atoms with E-state index in [2.05, 4.69) is 4.74 Å². The van der Waals surface area contributed by atoms with Crippen molar-refractivity contribution in [2.45, 2.75) is 12.6 Å². The van der Waals surface area contributed by atoms with E-state index in [1.54, 1.807) is 0 Å². The van der Waals surface area contributed by atoms with Gasteiger partial charge in [-0.05, 0) is 12.1 Å². The lowest BCUT2D eigenvalue weighted by Crippen LogP contribution is -2.12. The number of halogens is 4. The minimum Gasteiger partial charge on any atom is -0.465 e. The Morgan fingerprint density at radius 1 is 1.37 bits per heavy atom. The lowest BCUT2D eigenvalue weighted by Gasteiger charge is -2.06. The minimum atomic E-state index is -4.49. The molecule has 0 aliphatic heterocycles. The van der Waals surface area contributed by atoms with Gasteiger partial charge in [-0.2, -0.15) is 13.2 Å². The standard InChI is InChI=1S/C12H8F4O3/c1-18-11(17)7-2-3-8(13)10-9(7)6(5-19-10)4-12(14,15)16/h2-3,5H,4H2,1H3. The Balaban J connectivity index is 2.67. The van der Waals surface area contributed by atoms with Crippen molar-refractivity contribution in [3.63, 3.8) is 0 Å². The third kappa shape index (κ3) is 2.54. The van der Waals surface area contributed by atoms with Crippen molar-refractivity contribution >= 4 is 16.9 Å². The van der Waals surface area contributed by atoms with Crippen LogP contribution in [-0.4, -0.2) is 19.3 Å². The zero-order valence-corrected chi connectivity index (χ0v) is 9.68. The summed E-state index contributed by atoms with van der Waals surface area (Å²) >= 11 is 0. The number of carbonyl (C=O) groups excluding carboxylic acids is 1. The third-order valence-electron chi connectivity index (χ3n) is 2.55. The number of carbonyl (C=O) groups is 1. The molecular weight excluding hydrogens is 268 g/mol. The quantitative estimate of drug-likeness (QED) is 0.623. The Kier molecular flexibility index (Phi) is 3.21. The van der Waals surface area contributed by atoms with Crippen molar-refractivity contribution in [2.75, 3.05) is 7.11 Å². The molecule has 0 saturated heterocycles. The smallest absolute Gasteiger partial charge is 0.393 e. The number of esters is 1. The molecule has 2 rings (SSSR count). The Labute approximate surface area is 104 Å². The van der Waals surface area contributed by atoms with Gasteiger partial charge < -0.3 is 9.15 Å². The monoisotopic (exact) mass is 276 g/mol. The molecule has 1 heterocycles. The van der Waals surface area contributed by atoms with Crippen molar-refractivity contribution in [2.24, 2.45) is 0 Å². The van der Waals surface area contributed by atoms with Gasteiger partial charge in [0.1, 0.15) is 0 Å². The van der Waals surface area contributed by atoms with Crippen LogP contribution in [0, 0.1) is 5.82 Å². The molecule has 102 valence electrons. The van der Waals surface area contributed by atoms with Crippen molar-refractivity contribution in [1.29, 1.82) is 0 Å². The molecule has 3 nitrogen and oxygen atoms in total. The number of benzene rings is 1. The van der Waals surface area contributed by atoms with Crippen LogP contribution in [0.2, 0.25) is 0 Å². The van der Waals surface area contributed by atoms with Gasteiger partial charge in [-0.3, -0.25) is 0 Å². The molecule has 0 radical (unpaired) electrons. The van der Waals surface area contributed by atoms with E-state index >= 15 is 0 Å². The zero-order valence-electron chi connectivity index (χ0n) is 9.68. The highest BCUT2D eigenvalue weighted by molar-refractivity contribution is 6.04. The largest absolute Gasteiger partial charge is 0.465 e. The molecule has 0 saturated carbocycles. The summed E-state index contributed by atoms with van der Waals surface area (Å²) in [6, 6.07) is 2.01. The van der Waals surface area contributed by atoms with E-state index in [0.717, 1.165) is 25.5 Å². The summed E-state index contributed by atoms with van der Waals surface area (Å²) in [5, 5.41) is -0.204. The van der Waals surface area contributed by atoms with E-state index in [9.17, 15) is 22.4 Å². The summed E-state index contributed by atoms with van der Waals surface area (Å²) in [4.78, 5) is 11.5. The average molecular weight is 276 g/mol. The van der Waals surface area contributed by atoms with E-state index in [1.807, 2.05) is 0 Å². The summed E-state index contributed by atoms with van der Waals surface area (Å²) in [6.07, 6.45) is -5.00. The Morgan fingerprint density at radius 3 is 2.63 bits per heavy atom. The first-order valence-electron chi connectivity index (χ1n) is 5.17. The number of furan rings is 1. The second-order valence-electron chi connectivity index (χ2n) is 3.84. The molecule has 0 amide bonds. The molecule has 0 aliphatic rings. The highest BCUT2D eigenvalue weighted by Crippen LogP contribution is 2.32. The van der Waals surface area contributed by atoms with Crippen LogP contribution in [0.15, 0.2) is 22.8 Å². The molecule has 0 atom stereocenters. The van der Waals surface area contributed by atoms with Gasteiger partial charge in [-0.15, -0.1) is 0 Å². The fourth-order valence-corrected chi connectivity index (χ4v) is 1.81. The van der Waals surface area contributed by atoms with Crippen LogP contribution >= 0.6 is 0 Å². The fraction of sp³-hybridized carbons (Fsp3) is 0.250. The molecule has 1 aromatic heterocycles. The maximum absolute atomic E-state index is 13.5. The number of fused-ring (bicyclic) bond motifs is 1. The lowest BCUT2D eigenvalue weighted by atomic mass is 10.0. The van der Waals surface area contributed by atoms with Gasteiger partial charge in [0.05, 0.1) is 25.4 Å². The van der Waals surface area contributed by atoms with E-state index in [0.29, 0.717) is 0 Å². The van der Waals surface area contributed by atoms with Crippen LogP contribution in [-0.2, 0) is 11.2 Å². The molecule has 0 fully saturated rings. The number of ether oxygens (including phenoxy) is 1. The van der Waals surface area contributed by atoms with Crippen LogP contribution in [0.1, 0.15) is 15.9 Å². The van der Waals surface area contributed by atoms with Crippen LogP contribution in [0.3, 0.4) is 0 Å². The topological polar surface area (TPSA) is 39.4 Å². The van der Waals surface area contributed by atoms with E-state index in [4.69, 9.17) is 4.42 Å². The minimum absolute atomic E-state index is 0.160. The summed E-state index contributed by atoms with van der Waals surface area (Å²) in [7, 11) is 1.08. The summed E-state index contributed by atoms with van der Waals surface area (Å²) in [6.45, 7) is 0. The maximum Gasteiger partial charge on any atom is 0.393 e. The van der Waals surface area contributed by atoms with Gasteiger partial charge in [0.15, 0.2) is 11.4 Å². The number of methoxy groups -OCH3 is 1. The van der Waals surface area contributed by atoms with Crippen LogP contribution in [0.25, 0.3) is 11.0 Å². The first kappa shape index (κ1) is 13.4. The molecule has 2 aromatic rings. The SMILES string of the molecule is COC(=O)c1ccc(F)c2occ(CC(F)(F)F)c12. The van der Waals surface area contributed by atoms with Gasteiger partial charge in [0.2, 0.25) is 0 Å². The second-order valence-corrected chi connectivity index (χ2v) is 3.84. The van der Waals surface area contributed by atoms with Crippen molar-refractivity contribution in [3.05, 3.63) is 35.3 Å². The number of rotatable bonds is 2. The molecular formula is C12H8F4O3. The van der Waals surface area contributed by atoms with Crippen molar-refractivity contribution in [1.82, 2.24) is 0 Å². The third-order valence-corrected chi connectivity index (χ3v) is 2.55. The zero-order chi connectivity index (χ0) is 14.2. The first-order chi connectivity index (χ1) is 8.83. The van der Waals surface area contributed by atoms with Gasteiger partial charge in [0.25, 0.3) is 0 Å². The molecule has 0 N–H and O–H groups in total. The molecule has 1 aromatic carbocycles. The summed E-state index contributed by atoms with van der Waals surface area (Å²) in [5.74, 6) is -1.69. The van der Waals surface area contributed by atoms with Crippen LogP contribution in [0.5, 0.6) is 0 Å². The lowest BCUT2D eigenvalue weighted by molar-refractivity contribution is -0.127. The Hall–Kier alpha value is -2.05. The van der Waals surface area contributed by atoms with Crippen molar-refractivity contribution in [3.8, 4) is 0 Å². The Bertz CT molecular complexity index is 628. The predicted molar refractivity (Wildman–Crippen MR) is 57.3 cm³/mol. The average Bonchev–Trinajstić information content (AvgIpc) is 2.71. The van der Waals surface area contributed by atoms with E-state index in [-0.39, 0.29) is 22.1 Å². The number of hydrogen-bond acceptors (Lipinski definition) is 3. The Morgan fingerprint density at radius 2 is 2.05 bits per heavy atom. The van der Waals surface area contributed by atoms with E-state index < -0.39 is 24.4 Å². The predicted octanol–water partition coefficient (Wildman–Crippen LogP) is 3.46. The number of hydrogen-bond donors (Lipinski definition) is 0. The highest BCUT2D eigenvalue weighted by Gasteiger charge is 2.31. The second kappa shape index (κ2) is 4.56. The summed E-state index contributed by atoms with van der Waals surface area (Å²) in [5.41, 5.74) is -0.851. The molecule has 0 aliphatic carbocycles.